The second kappa shape index (κ2) is 3.01. The molecule has 0 bridgehead atoms. The lowest BCUT2D eigenvalue weighted by Crippen LogP contribution is -2.23. The predicted octanol–water partition coefficient (Wildman–Crippen LogP) is -0.0233. The molecule has 0 spiro atoms. The summed E-state index contributed by atoms with van der Waals surface area (Å²) in [6.07, 6.45) is 1.50. The van der Waals surface area contributed by atoms with Crippen molar-refractivity contribution >= 4 is 15.9 Å². The molecule has 0 aliphatic carbocycles. The Kier molecular flexibility index (Phi) is 2.26. The topological polar surface area (TPSA) is 39.8 Å². The first-order chi connectivity index (χ1) is 4.75. The molecule has 56 valence electrons. The lowest BCUT2D eigenvalue weighted by molar-refractivity contribution is 0.631. The average Bonchev–Trinajstić information content (AvgIpc) is 2.20. The highest BCUT2D eigenvalue weighted by atomic mass is 79.9. The van der Waals surface area contributed by atoms with E-state index in [9.17, 15) is 4.79 Å². The van der Waals surface area contributed by atoms with Gasteiger partial charge in [-0.15, -0.1) is 0 Å². The minimum absolute atomic E-state index is 0.0700. The number of nitrogens with zero attached hydrogens (tertiary/aromatic N) is 3. The lowest BCUT2D eigenvalue weighted by Gasteiger charge is -1.90. The third kappa shape index (κ3) is 1.29. The molecule has 1 aromatic rings. The summed E-state index contributed by atoms with van der Waals surface area (Å²) in [5, 5.41) is 4.60. The van der Waals surface area contributed by atoms with Gasteiger partial charge < -0.3 is 0 Å². The average molecular weight is 206 g/mol. The molecular weight excluding hydrogens is 198 g/mol. The van der Waals surface area contributed by atoms with Gasteiger partial charge in [-0.25, -0.2) is 9.48 Å². The monoisotopic (exact) mass is 205 g/mol. The van der Waals surface area contributed by atoms with Crippen LogP contribution in [0.4, 0.5) is 0 Å². The van der Waals surface area contributed by atoms with Crippen LogP contribution in [-0.4, -0.2) is 19.7 Å². The van der Waals surface area contributed by atoms with Crippen molar-refractivity contribution in [1.82, 2.24) is 14.3 Å². The van der Waals surface area contributed by atoms with E-state index in [-0.39, 0.29) is 5.69 Å². The molecule has 0 amide bonds. The Morgan fingerprint density at radius 3 is 2.90 bits per heavy atom. The smallest absolute Gasteiger partial charge is 0.285 e. The molecule has 1 aromatic heterocycles. The Labute approximate surface area is 66.6 Å². The number of hydrogen-bond acceptors (Lipinski definition) is 2. The van der Waals surface area contributed by atoms with E-state index in [1.165, 1.54) is 15.6 Å². The van der Waals surface area contributed by atoms with Crippen molar-refractivity contribution in [3.8, 4) is 0 Å². The van der Waals surface area contributed by atoms with Crippen molar-refractivity contribution in [2.75, 3.05) is 5.33 Å². The molecule has 0 aliphatic rings. The molecular formula is C5H8BrN3O. The number of hydrogen-bond donors (Lipinski definition) is 0. The summed E-state index contributed by atoms with van der Waals surface area (Å²) < 4.78 is 2.86. The van der Waals surface area contributed by atoms with Crippen molar-refractivity contribution in [2.45, 2.75) is 6.54 Å². The van der Waals surface area contributed by atoms with E-state index in [2.05, 4.69) is 21.0 Å². The van der Waals surface area contributed by atoms with Crippen LogP contribution in [0.2, 0.25) is 0 Å². The quantitative estimate of drug-likeness (QED) is 0.637. The van der Waals surface area contributed by atoms with E-state index in [4.69, 9.17) is 0 Å². The summed E-state index contributed by atoms with van der Waals surface area (Å²) in [7, 11) is 1.68. The SMILES string of the molecule is Cn1cnn(CCBr)c1=O. The maximum absolute atomic E-state index is 11.0. The maximum atomic E-state index is 11.0. The zero-order valence-corrected chi connectivity index (χ0v) is 7.21. The first-order valence-corrected chi connectivity index (χ1v) is 4.02. The Hall–Kier alpha value is -0.580. The molecule has 1 rings (SSSR count). The summed E-state index contributed by atoms with van der Waals surface area (Å²) in [4.78, 5) is 11.0. The largest absolute Gasteiger partial charge is 0.345 e. The van der Waals surface area contributed by atoms with Crippen LogP contribution in [0, 0.1) is 0 Å². The van der Waals surface area contributed by atoms with Gasteiger partial charge in [0.05, 0.1) is 6.54 Å². The third-order valence-corrected chi connectivity index (χ3v) is 1.54. The number of halogens is 1. The highest BCUT2D eigenvalue weighted by Gasteiger charge is 1.97. The zero-order valence-electron chi connectivity index (χ0n) is 5.62. The molecule has 0 fully saturated rings. The molecule has 0 saturated heterocycles. The second-order valence-corrected chi connectivity index (χ2v) is 2.73. The number of rotatable bonds is 2. The Balaban J connectivity index is 2.95. The fourth-order valence-electron chi connectivity index (χ4n) is 0.654. The van der Waals surface area contributed by atoms with E-state index in [1.54, 1.807) is 7.05 Å². The molecule has 0 unspecified atom stereocenters. The van der Waals surface area contributed by atoms with Gasteiger partial charge in [-0.3, -0.25) is 4.57 Å². The van der Waals surface area contributed by atoms with Crippen LogP contribution in [0.1, 0.15) is 0 Å². The fourth-order valence-corrected chi connectivity index (χ4v) is 0.990. The number of aromatic nitrogens is 3. The van der Waals surface area contributed by atoms with Crippen LogP contribution in [-0.2, 0) is 13.6 Å². The minimum Gasteiger partial charge on any atom is -0.285 e. The van der Waals surface area contributed by atoms with E-state index < -0.39 is 0 Å². The number of aryl methyl sites for hydroxylation is 2. The van der Waals surface area contributed by atoms with Crippen molar-refractivity contribution in [2.24, 2.45) is 7.05 Å². The van der Waals surface area contributed by atoms with Crippen LogP contribution in [0.15, 0.2) is 11.1 Å². The second-order valence-electron chi connectivity index (χ2n) is 1.94. The summed E-state index contributed by atoms with van der Waals surface area (Å²) in [6.45, 7) is 0.625. The number of alkyl halides is 1. The van der Waals surface area contributed by atoms with Crippen LogP contribution in [0.5, 0.6) is 0 Å². The molecule has 5 heteroatoms. The van der Waals surface area contributed by atoms with Crippen molar-refractivity contribution in [3.05, 3.63) is 16.8 Å². The molecule has 1 heterocycles. The van der Waals surface area contributed by atoms with Crippen LogP contribution >= 0.6 is 15.9 Å². The molecule has 0 radical (unpaired) electrons. The van der Waals surface area contributed by atoms with Gasteiger partial charge in [0, 0.05) is 12.4 Å². The summed E-state index contributed by atoms with van der Waals surface area (Å²) in [6, 6.07) is 0. The highest BCUT2D eigenvalue weighted by Crippen LogP contribution is 1.82. The van der Waals surface area contributed by atoms with E-state index in [0.29, 0.717) is 6.54 Å². The normalized spacial score (nSPS) is 10.2. The molecule has 0 N–H and O–H groups in total. The summed E-state index contributed by atoms with van der Waals surface area (Å²) in [5.74, 6) is 0. The Morgan fingerprint density at radius 1 is 1.80 bits per heavy atom. The van der Waals surface area contributed by atoms with Gasteiger partial charge in [0.1, 0.15) is 6.33 Å². The Morgan fingerprint density at radius 2 is 2.50 bits per heavy atom. The first-order valence-electron chi connectivity index (χ1n) is 2.90. The molecule has 4 nitrogen and oxygen atoms in total. The molecule has 0 atom stereocenters. The molecule has 0 aromatic carbocycles. The van der Waals surface area contributed by atoms with Crippen LogP contribution in [0.3, 0.4) is 0 Å². The summed E-state index contributed by atoms with van der Waals surface area (Å²) in [5.41, 5.74) is -0.0700. The van der Waals surface area contributed by atoms with Crippen molar-refractivity contribution < 1.29 is 0 Å². The Bertz CT molecular complexity index is 264. The van der Waals surface area contributed by atoms with Crippen molar-refractivity contribution in [1.29, 1.82) is 0 Å². The van der Waals surface area contributed by atoms with E-state index >= 15 is 0 Å². The first kappa shape index (κ1) is 7.53. The third-order valence-electron chi connectivity index (χ3n) is 1.18. The van der Waals surface area contributed by atoms with Gasteiger partial charge in [0.15, 0.2) is 0 Å². The van der Waals surface area contributed by atoms with Gasteiger partial charge in [0.2, 0.25) is 0 Å². The zero-order chi connectivity index (χ0) is 7.56. The predicted molar refractivity (Wildman–Crippen MR) is 41.3 cm³/mol. The van der Waals surface area contributed by atoms with Crippen LogP contribution in [0.25, 0.3) is 0 Å². The molecule has 0 aliphatic heterocycles. The van der Waals surface area contributed by atoms with Gasteiger partial charge >= 0.3 is 5.69 Å². The fraction of sp³-hybridized carbons (Fsp3) is 0.600. The van der Waals surface area contributed by atoms with Crippen molar-refractivity contribution in [3.63, 3.8) is 0 Å². The molecule has 10 heavy (non-hydrogen) atoms. The maximum Gasteiger partial charge on any atom is 0.345 e. The van der Waals surface area contributed by atoms with E-state index in [0.717, 1.165) is 5.33 Å². The standard InChI is InChI=1S/C5H8BrN3O/c1-8-4-7-9(3-2-6)5(8)10/h4H,2-3H2,1H3. The van der Waals surface area contributed by atoms with Gasteiger partial charge in [0.25, 0.3) is 0 Å². The van der Waals surface area contributed by atoms with Crippen LogP contribution < -0.4 is 5.69 Å². The lowest BCUT2D eigenvalue weighted by atomic mass is 10.8. The molecule has 0 saturated carbocycles. The van der Waals surface area contributed by atoms with E-state index in [1.807, 2.05) is 0 Å². The van der Waals surface area contributed by atoms with Gasteiger partial charge in [-0.05, 0) is 0 Å². The minimum atomic E-state index is -0.0700. The highest BCUT2D eigenvalue weighted by molar-refractivity contribution is 9.09. The van der Waals surface area contributed by atoms with Gasteiger partial charge in [-0.2, -0.15) is 5.10 Å². The summed E-state index contributed by atoms with van der Waals surface area (Å²) >= 11 is 3.22. The van der Waals surface area contributed by atoms with Gasteiger partial charge in [-0.1, -0.05) is 15.9 Å².